The van der Waals surface area contributed by atoms with Gasteiger partial charge in [-0.15, -0.1) is 0 Å². The number of likely N-dealkylation sites (tertiary alicyclic amines) is 1. The fraction of sp³-hybridized carbons (Fsp3) is 0.917. The Morgan fingerprint density at radius 3 is 2.00 bits per heavy atom. The van der Waals surface area contributed by atoms with Gasteiger partial charge in [-0.05, 0) is 18.8 Å². The lowest BCUT2D eigenvalue weighted by molar-refractivity contribution is -0.172. The highest BCUT2D eigenvalue weighted by molar-refractivity contribution is 5.77. The van der Waals surface area contributed by atoms with Crippen LogP contribution in [0.3, 0.4) is 0 Å². The van der Waals surface area contributed by atoms with Gasteiger partial charge in [0.15, 0.2) is 0 Å². The third kappa shape index (κ3) is 2.62. The van der Waals surface area contributed by atoms with Crippen molar-refractivity contribution in [2.24, 2.45) is 5.92 Å². The van der Waals surface area contributed by atoms with Crippen molar-refractivity contribution in [3.8, 4) is 0 Å². The molecule has 2 nitrogen and oxygen atoms in total. The molecule has 1 heterocycles. The molecule has 0 aromatic rings. The van der Waals surface area contributed by atoms with Crippen LogP contribution in [0, 0.1) is 5.92 Å². The molecule has 0 aromatic carbocycles. The number of alkyl halides is 4. The maximum absolute atomic E-state index is 13.0. The van der Waals surface area contributed by atoms with Crippen LogP contribution in [-0.2, 0) is 4.79 Å². The molecular weight excluding hydrogens is 250 g/mol. The molecule has 0 bridgehead atoms. The van der Waals surface area contributed by atoms with Gasteiger partial charge in [0.1, 0.15) is 0 Å². The van der Waals surface area contributed by atoms with Gasteiger partial charge in [-0.2, -0.15) is 17.6 Å². The zero-order valence-electron chi connectivity index (χ0n) is 10.1. The predicted molar refractivity (Wildman–Crippen MR) is 57.7 cm³/mol. The number of hydrogen-bond acceptors (Lipinski definition) is 1. The summed E-state index contributed by atoms with van der Waals surface area (Å²) >= 11 is 0. The number of carbonyl (C=O) groups is 1. The van der Waals surface area contributed by atoms with Crippen molar-refractivity contribution in [3.05, 3.63) is 0 Å². The maximum atomic E-state index is 13.0. The van der Waals surface area contributed by atoms with E-state index in [1.807, 2.05) is 0 Å². The average Bonchev–Trinajstić information content (AvgIpc) is 2.50. The Labute approximate surface area is 103 Å². The second-order valence-electron chi connectivity index (χ2n) is 5.37. The van der Waals surface area contributed by atoms with Gasteiger partial charge in [0.05, 0.1) is 13.1 Å². The molecule has 1 saturated carbocycles. The van der Waals surface area contributed by atoms with Crippen LogP contribution in [0.1, 0.15) is 38.5 Å². The van der Waals surface area contributed by atoms with Crippen molar-refractivity contribution < 1.29 is 22.4 Å². The van der Waals surface area contributed by atoms with Crippen LogP contribution in [0.15, 0.2) is 0 Å². The SMILES string of the molecule is O=C(CC1CCCCC1)N1CC(F)(F)C(F)(F)C1. The van der Waals surface area contributed by atoms with E-state index in [-0.39, 0.29) is 12.3 Å². The number of amides is 1. The van der Waals surface area contributed by atoms with Gasteiger partial charge < -0.3 is 4.90 Å². The minimum atomic E-state index is -4.09. The minimum absolute atomic E-state index is 0.131. The Balaban J connectivity index is 1.91. The Morgan fingerprint density at radius 1 is 1.00 bits per heavy atom. The smallest absolute Gasteiger partial charge is 0.329 e. The van der Waals surface area contributed by atoms with Gasteiger partial charge in [-0.1, -0.05) is 19.3 Å². The van der Waals surface area contributed by atoms with Crippen LogP contribution in [0.25, 0.3) is 0 Å². The second kappa shape index (κ2) is 4.70. The number of halogens is 4. The first-order valence-electron chi connectivity index (χ1n) is 6.35. The van der Waals surface area contributed by atoms with Crippen molar-refractivity contribution in [2.45, 2.75) is 50.4 Å². The maximum Gasteiger partial charge on any atom is 0.329 e. The molecule has 18 heavy (non-hydrogen) atoms. The average molecular weight is 267 g/mol. The Hall–Kier alpha value is -0.810. The van der Waals surface area contributed by atoms with E-state index in [1.54, 1.807) is 0 Å². The van der Waals surface area contributed by atoms with Crippen molar-refractivity contribution in [1.29, 1.82) is 0 Å². The highest BCUT2D eigenvalue weighted by Gasteiger charge is 2.63. The summed E-state index contributed by atoms with van der Waals surface area (Å²) in [6.45, 7) is -2.29. The van der Waals surface area contributed by atoms with Crippen molar-refractivity contribution in [1.82, 2.24) is 4.90 Å². The van der Waals surface area contributed by atoms with Crippen LogP contribution >= 0.6 is 0 Å². The van der Waals surface area contributed by atoms with E-state index in [9.17, 15) is 22.4 Å². The van der Waals surface area contributed by atoms with E-state index in [4.69, 9.17) is 0 Å². The number of carbonyl (C=O) groups excluding carboxylic acids is 1. The predicted octanol–water partition coefficient (Wildman–Crippen LogP) is 3.07. The van der Waals surface area contributed by atoms with Gasteiger partial charge in [0.25, 0.3) is 0 Å². The lowest BCUT2D eigenvalue weighted by Crippen LogP contribution is -2.38. The van der Waals surface area contributed by atoms with Crippen LogP contribution in [-0.4, -0.2) is 35.7 Å². The molecule has 2 fully saturated rings. The fourth-order valence-corrected chi connectivity index (χ4v) is 2.71. The molecule has 0 spiro atoms. The summed E-state index contributed by atoms with van der Waals surface area (Å²) in [5.74, 6) is -8.56. The van der Waals surface area contributed by atoms with Crippen LogP contribution in [0.2, 0.25) is 0 Å². The fourth-order valence-electron chi connectivity index (χ4n) is 2.71. The molecule has 1 aliphatic heterocycles. The van der Waals surface area contributed by atoms with Crippen LogP contribution in [0.4, 0.5) is 17.6 Å². The highest BCUT2D eigenvalue weighted by Crippen LogP contribution is 2.41. The first-order valence-corrected chi connectivity index (χ1v) is 6.35. The molecule has 1 amide bonds. The van der Waals surface area contributed by atoms with Crippen LogP contribution < -0.4 is 0 Å². The third-order valence-corrected chi connectivity index (χ3v) is 3.85. The molecular formula is C12H17F4NO. The standard InChI is InChI=1S/C12H17F4NO/c13-11(14)7-17(8-12(11,15)16)10(18)6-9-4-2-1-3-5-9/h9H,1-8H2. The zero-order valence-corrected chi connectivity index (χ0v) is 10.1. The summed E-state index contributed by atoms with van der Waals surface area (Å²) in [6.07, 6.45) is 5.12. The largest absolute Gasteiger partial charge is 0.330 e. The first-order chi connectivity index (χ1) is 8.32. The van der Waals surface area contributed by atoms with Crippen molar-refractivity contribution in [3.63, 3.8) is 0 Å². The molecule has 1 saturated heterocycles. The molecule has 6 heteroatoms. The summed E-state index contributed by atoms with van der Waals surface area (Å²) in [6, 6.07) is 0. The monoisotopic (exact) mass is 267 g/mol. The Bertz CT molecular complexity index is 310. The zero-order chi connectivity index (χ0) is 13.4. The molecule has 0 unspecified atom stereocenters. The summed E-state index contributed by atoms with van der Waals surface area (Å²) in [5.41, 5.74) is 0. The van der Waals surface area contributed by atoms with E-state index in [1.165, 1.54) is 0 Å². The molecule has 1 aliphatic carbocycles. The molecule has 0 radical (unpaired) electrons. The summed E-state index contributed by atoms with van der Waals surface area (Å²) in [4.78, 5) is 12.4. The van der Waals surface area contributed by atoms with Gasteiger partial charge in [0, 0.05) is 6.42 Å². The molecule has 0 aromatic heterocycles. The Morgan fingerprint density at radius 2 is 1.50 bits per heavy atom. The normalized spacial score (nSPS) is 27.4. The van der Waals surface area contributed by atoms with Crippen LogP contribution in [0.5, 0.6) is 0 Å². The molecule has 104 valence electrons. The molecule has 0 atom stereocenters. The van der Waals surface area contributed by atoms with Gasteiger partial charge in [-0.3, -0.25) is 4.79 Å². The molecule has 2 aliphatic rings. The lowest BCUT2D eigenvalue weighted by atomic mass is 9.87. The summed E-state index contributed by atoms with van der Waals surface area (Å²) in [5, 5.41) is 0. The van der Waals surface area contributed by atoms with Crippen molar-refractivity contribution in [2.75, 3.05) is 13.1 Å². The van der Waals surface area contributed by atoms with Crippen molar-refractivity contribution >= 4 is 5.91 Å². The van der Waals surface area contributed by atoms with E-state index in [0.717, 1.165) is 32.1 Å². The summed E-state index contributed by atoms with van der Waals surface area (Å²) < 4.78 is 51.9. The second-order valence-corrected chi connectivity index (χ2v) is 5.37. The van der Waals surface area contributed by atoms with Gasteiger partial charge >= 0.3 is 11.8 Å². The number of nitrogens with zero attached hydrogens (tertiary/aromatic N) is 1. The molecule has 2 rings (SSSR count). The highest BCUT2D eigenvalue weighted by atomic mass is 19.3. The van der Waals surface area contributed by atoms with Gasteiger partial charge in [-0.25, -0.2) is 0 Å². The van der Waals surface area contributed by atoms with E-state index < -0.39 is 30.8 Å². The number of rotatable bonds is 2. The summed E-state index contributed by atoms with van der Waals surface area (Å²) in [7, 11) is 0. The molecule has 0 N–H and O–H groups in total. The lowest BCUT2D eigenvalue weighted by Gasteiger charge is -2.23. The van der Waals surface area contributed by atoms with E-state index in [2.05, 4.69) is 0 Å². The minimum Gasteiger partial charge on any atom is -0.330 e. The quantitative estimate of drug-likeness (QED) is 0.704. The van der Waals surface area contributed by atoms with Gasteiger partial charge in [0.2, 0.25) is 5.91 Å². The first kappa shape index (κ1) is 13.6. The Kier molecular flexibility index (Phi) is 3.56. The number of hydrogen-bond donors (Lipinski definition) is 0. The van der Waals surface area contributed by atoms with E-state index in [0.29, 0.717) is 4.90 Å². The topological polar surface area (TPSA) is 20.3 Å². The third-order valence-electron chi connectivity index (χ3n) is 3.85. The van der Waals surface area contributed by atoms with E-state index >= 15 is 0 Å².